The van der Waals surface area contributed by atoms with Crippen molar-refractivity contribution in [2.24, 2.45) is 0 Å². The molecule has 0 aromatic rings. The second-order valence-electron chi connectivity index (χ2n) is 1.23. The van der Waals surface area contributed by atoms with Gasteiger partial charge in [-0.2, -0.15) is 0 Å². The van der Waals surface area contributed by atoms with Gasteiger partial charge in [0.25, 0.3) is 0 Å². The first-order chi connectivity index (χ1) is 3.39. The summed E-state index contributed by atoms with van der Waals surface area (Å²) in [6.07, 6.45) is -0.663. The molecule has 1 nitrogen and oxygen atoms in total. The Kier molecular flexibility index (Phi) is 2.28. The van der Waals surface area contributed by atoms with Crippen LogP contribution in [0.1, 0.15) is 0 Å². The van der Waals surface area contributed by atoms with Crippen LogP contribution >= 0.6 is 24.1 Å². The summed E-state index contributed by atoms with van der Waals surface area (Å²) in [6.45, 7) is 0. The van der Waals surface area contributed by atoms with Crippen molar-refractivity contribution in [1.82, 2.24) is 0 Å². The van der Waals surface area contributed by atoms with E-state index in [9.17, 15) is 4.39 Å². The van der Waals surface area contributed by atoms with Gasteiger partial charge in [-0.15, -0.1) is 0 Å². The molecule has 0 radical (unpaired) electrons. The molecular formula is C3H5FOS2. The van der Waals surface area contributed by atoms with Gasteiger partial charge < -0.3 is 0 Å². The molecule has 42 valence electrons. The van der Waals surface area contributed by atoms with Gasteiger partial charge in [-0.25, -0.2) is 8.02 Å². The molecule has 0 aromatic heterocycles. The zero-order valence-corrected chi connectivity index (χ0v) is 5.23. The van der Waals surface area contributed by atoms with E-state index >= 15 is 0 Å². The molecule has 0 aliphatic carbocycles. The maximum atomic E-state index is 12.1. The number of alkyl halides is 1. The molecule has 0 unspecified atom stereocenters. The van der Waals surface area contributed by atoms with Crippen molar-refractivity contribution in [1.29, 1.82) is 0 Å². The third-order valence-corrected chi connectivity index (χ3v) is 2.36. The normalized spacial score (nSPS) is 25.3. The van der Waals surface area contributed by atoms with Crippen molar-refractivity contribution in [3.63, 3.8) is 0 Å². The summed E-state index contributed by atoms with van der Waals surface area (Å²) in [6, 6.07) is 0. The maximum Gasteiger partial charge on any atom is 0.123 e. The van der Waals surface area contributed by atoms with Gasteiger partial charge in [-0.1, -0.05) is 0 Å². The van der Waals surface area contributed by atoms with Crippen molar-refractivity contribution in [3.05, 3.63) is 0 Å². The van der Waals surface area contributed by atoms with E-state index in [1.54, 1.807) is 0 Å². The Hall–Kier alpha value is 0.590. The quantitative estimate of drug-likeness (QED) is 0.473. The predicted octanol–water partition coefficient (Wildman–Crippen LogP) is 1.65. The molecule has 1 rings (SSSR count). The summed E-state index contributed by atoms with van der Waals surface area (Å²) in [5, 5.41) is 0. The Morgan fingerprint density at radius 1 is 1.43 bits per heavy atom. The zero-order chi connectivity index (χ0) is 5.11. The molecule has 1 saturated heterocycles. The topological polar surface area (TPSA) is 9.23 Å². The standard InChI is InChI=1S/C3H5FOS2/c4-3-1-6-5-7-2-3/h3H,1-2H2. The Bertz CT molecular complexity index is 54.9. The SMILES string of the molecule is FC1CSOSC1. The smallest absolute Gasteiger partial charge is 0.123 e. The minimum absolute atomic E-state index is 0.493. The number of halogens is 1. The van der Waals surface area contributed by atoms with Crippen LogP contribution in [0.25, 0.3) is 0 Å². The van der Waals surface area contributed by atoms with Crippen molar-refractivity contribution in [2.45, 2.75) is 6.17 Å². The van der Waals surface area contributed by atoms with Gasteiger partial charge >= 0.3 is 0 Å². The summed E-state index contributed by atoms with van der Waals surface area (Å²) in [4.78, 5) is 0. The van der Waals surface area contributed by atoms with Crippen LogP contribution in [0.3, 0.4) is 0 Å². The van der Waals surface area contributed by atoms with Crippen LogP contribution in [0, 0.1) is 0 Å². The lowest BCUT2D eigenvalue weighted by molar-refractivity contribution is 0.394. The zero-order valence-electron chi connectivity index (χ0n) is 3.59. The van der Waals surface area contributed by atoms with Gasteiger partial charge in [0.15, 0.2) is 0 Å². The first-order valence-electron chi connectivity index (χ1n) is 1.95. The maximum absolute atomic E-state index is 12.1. The first-order valence-corrected chi connectivity index (χ1v) is 3.77. The van der Waals surface area contributed by atoms with Gasteiger partial charge in [-0.3, -0.25) is 0 Å². The predicted molar refractivity (Wildman–Crippen MR) is 30.9 cm³/mol. The van der Waals surface area contributed by atoms with E-state index in [-0.39, 0.29) is 0 Å². The van der Waals surface area contributed by atoms with Gasteiger partial charge in [0.2, 0.25) is 0 Å². The Morgan fingerprint density at radius 2 is 2.00 bits per heavy atom. The molecule has 1 fully saturated rings. The summed E-state index contributed by atoms with van der Waals surface area (Å²) in [5.74, 6) is 0.986. The second kappa shape index (κ2) is 2.79. The largest absolute Gasteiger partial charge is 0.247 e. The van der Waals surface area contributed by atoms with E-state index in [1.165, 1.54) is 24.1 Å². The summed E-state index contributed by atoms with van der Waals surface area (Å²) in [5.41, 5.74) is 0. The fourth-order valence-corrected chi connectivity index (χ4v) is 1.68. The molecule has 0 spiro atoms. The fraction of sp³-hybridized carbons (Fsp3) is 1.00. The van der Waals surface area contributed by atoms with Crippen LogP contribution in [0.15, 0.2) is 0 Å². The van der Waals surface area contributed by atoms with Gasteiger partial charge in [0.1, 0.15) is 6.17 Å². The average molecular weight is 140 g/mol. The lowest BCUT2D eigenvalue weighted by atomic mass is 10.5. The van der Waals surface area contributed by atoms with E-state index < -0.39 is 6.17 Å². The third-order valence-electron chi connectivity index (χ3n) is 0.594. The second-order valence-corrected chi connectivity index (χ2v) is 2.92. The van der Waals surface area contributed by atoms with Crippen molar-refractivity contribution < 1.29 is 8.02 Å². The molecule has 1 aliphatic rings. The van der Waals surface area contributed by atoms with Crippen molar-refractivity contribution in [3.8, 4) is 0 Å². The third kappa shape index (κ3) is 1.88. The molecule has 0 N–H and O–H groups in total. The van der Waals surface area contributed by atoms with Crippen LogP contribution in [-0.2, 0) is 3.63 Å². The monoisotopic (exact) mass is 140 g/mol. The number of rotatable bonds is 0. The molecule has 0 amide bonds. The summed E-state index contributed by atoms with van der Waals surface area (Å²) in [7, 11) is 0. The first kappa shape index (κ1) is 5.72. The lowest BCUT2D eigenvalue weighted by Gasteiger charge is -2.10. The molecule has 0 atom stereocenters. The molecular weight excluding hydrogens is 135 g/mol. The minimum atomic E-state index is -0.663. The fourth-order valence-electron chi connectivity index (χ4n) is 0.285. The van der Waals surface area contributed by atoms with E-state index in [0.29, 0.717) is 11.5 Å². The van der Waals surface area contributed by atoms with E-state index in [4.69, 9.17) is 3.63 Å². The minimum Gasteiger partial charge on any atom is -0.247 e. The Balaban J connectivity index is 2.12. The van der Waals surface area contributed by atoms with Gasteiger partial charge in [0.05, 0.1) is 11.5 Å². The van der Waals surface area contributed by atoms with Crippen LogP contribution in [0.2, 0.25) is 0 Å². The summed E-state index contributed by atoms with van der Waals surface area (Å²) >= 11 is 2.38. The highest BCUT2D eigenvalue weighted by Crippen LogP contribution is 2.24. The van der Waals surface area contributed by atoms with E-state index in [0.717, 1.165) is 0 Å². The van der Waals surface area contributed by atoms with Crippen LogP contribution in [-0.4, -0.2) is 17.7 Å². The molecule has 0 aromatic carbocycles. The molecule has 0 bridgehead atoms. The Morgan fingerprint density at radius 3 is 2.29 bits per heavy atom. The molecule has 0 saturated carbocycles. The molecule has 4 heteroatoms. The lowest BCUT2D eigenvalue weighted by Crippen LogP contribution is -2.10. The van der Waals surface area contributed by atoms with Crippen LogP contribution in [0.5, 0.6) is 0 Å². The van der Waals surface area contributed by atoms with Gasteiger partial charge in [-0.05, 0) is 0 Å². The Labute approximate surface area is 50.4 Å². The molecule has 1 aliphatic heterocycles. The highest BCUT2D eigenvalue weighted by atomic mass is 32.2. The molecule has 7 heavy (non-hydrogen) atoms. The number of hydrogen-bond donors (Lipinski definition) is 0. The highest BCUT2D eigenvalue weighted by Gasteiger charge is 2.12. The average Bonchev–Trinajstić information content (AvgIpc) is 1.69. The molecule has 1 heterocycles. The highest BCUT2D eigenvalue weighted by molar-refractivity contribution is 8.08. The van der Waals surface area contributed by atoms with E-state index in [2.05, 4.69) is 0 Å². The van der Waals surface area contributed by atoms with Crippen molar-refractivity contribution >= 4 is 24.1 Å². The van der Waals surface area contributed by atoms with Crippen molar-refractivity contribution in [2.75, 3.05) is 11.5 Å². The van der Waals surface area contributed by atoms with E-state index in [1.807, 2.05) is 0 Å². The van der Waals surface area contributed by atoms with Crippen LogP contribution in [0.4, 0.5) is 4.39 Å². The summed E-state index contributed by atoms with van der Waals surface area (Å²) < 4.78 is 16.8. The van der Waals surface area contributed by atoms with Crippen LogP contribution < -0.4 is 0 Å². The number of hydrogen-bond acceptors (Lipinski definition) is 3. The van der Waals surface area contributed by atoms with Gasteiger partial charge in [0, 0.05) is 24.1 Å².